The molecule has 0 radical (unpaired) electrons. The number of nitrogens with zero attached hydrogens (tertiary/aromatic N) is 2. The third-order valence-electron chi connectivity index (χ3n) is 5.00. The molecule has 1 atom stereocenters. The first-order valence-corrected chi connectivity index (χ1v) is 9.49. The van der Waals surface area contributed by atoms with Crippen LogP contribution in [0.5, 0.6) is 5.75 Å². The lowest BCUT2D eigenvalue weighted by Crippen LogP contribution is -2.45. The van der Waals surface area contributed by atoms with Crippen molar-refractivity contribution in [2.75, 3.05) is 19.6 Å². The fourth-order valence-electron chi connectivity index (χ4n) is 3.52. The first-order chi connectivity index (χ1) is 13.4. The maximum atomic E-state index is 5.90. The van der Waals surface area contributed by atoms with E-state index in [1.807, 2.05) is 30.6 Å². The van der Waals surface area contributed by atoms with Gasteiger partial charge in [-0.3, -0.25) is 9.88 Å². The Kier molecular flexibility index (Phi) is 7.43. The molecule has 1 aliphatic heterocycles. The van der Waals surface area contributed by atoms with Crippen LogP contribution in [0.1, 0.15) is 22.7 Å². The van der Waals surface area contributed by atoms with Gasteiger partial charge >= 0.3 is 0 Å². The number of aromatic nitrogens is 1. The normalized spacial score (nSPS) is 16.9. The largest absolute Gasteiger partial charge is 0.489 e. The molecule has 4 nitrogen and oxygen atoms in total. The summed E-state index contributed by atoms with van der Waals surface area (Å²) in [5.74, 6) is 0.911. The van der Waals surface area contributed by atoms with E-state index in [4.69, 9.17) is 4.74 Å². The average molecular weight is 396 g/mol. The van der Waals surface area contributed by atoms with Crippen molar-refractivity contribution in [1.29, 1.82) is 0 Å². The molecule has 1 saturated heterocycles. The minimum absolute atomic E-state index is 0. The predicted molar refractivity (Wildman–Crippen MR) is 115 cm³/mol. The number of nitrogens with one attached hydrogen (secondary N) is 1. The van der Waals surface area contributed by atoms with E-state index in [1.54, 1.807) is 0 Å². The van der Waals surface area contributed by atoms with Crippen molar-refractivity contribution in [2.24, 2.45) is 0 Å². The Morgan fingerprint density at radius 2 is 1.68 bits per heavy atom. The lowest BCUT2D eigenvalue weighted by molar-refractivity contribution is 0.153. The van der Waals surface area contributed by atoms with Gasteiger partial charge in [0.1, 0.15) is 12.4 Å². The molecule has 1 N–H and O–H groups in total. The van der Waals surface area contributed by atoms with E-state index in [1.165, 1.54) is 16.7 Å². The Bertz CT molecular complexity index is 827. The van der Waals surface area contributed by atoms with Crippen molar-refractivity contribution in [3.05, 3.63) is 95.8 Å². The van der Waals surface area contributed by atoms with Gasteiger partial charge in [-0.25, -0.2) is 0 Å². The summed E-state index contributed by atoms with van der Waals surface area (Å²) < 4.78 is 5.90. The number of hydrogen-bond acceptors (Lipinski definition) is 4. The van der Waals surface area contributed by atoms with Crippen LogP contribution >= 0.6 is 12.4 Å². The smallest absolute Gasteiger partial charge is 0.119 e. The van der Waals surface area contributed by atoms with Crippen LogP contribution in [0.15, 0.2) is 79.1 Å². The van der Waals surface area contributed by atoms with Crippen molar-refractivity contribution in [2.45, 2.75) is 19.2 Å². The third kappa shape index (κ3) is 5.32. The van der Waals surface area contributed by atoms with Crippen LogP contribution in [0, 0.1) is 0 Å². The minimum Gasteiger partial charge on any atom is -0.489 e. The number of rotatable bonds is 6. The zero-order valence-corrected chi connectivity index (χ0v) is 16.6. The monoisotopic (exact) mass is 395 g/mol. The fraction of sp³-hybridized carbons (Fsp3) is 0.261. The Morgan fingerprint density at radius 1 is 0.929 bits per heavy atom. The topological polar surface area (TPSA) is 37.4 Å². The maximum absolute atomic E-state index is 5.90. The molecule has 3 aromatic rings. The van der Waals surface area contributed by atoms with Gasteiger partial charge in [0.05, 0.1) is 0 Å². The zero-order chi connectivity index (χ0) is 18.3. The number of hydrogen-bond donors (Lipinski definition) is 1. The quantitative estimate of drug-likeness (QED) is 0.677. The van der Waals surface area contributed by atoms with Crippen molar-refractivity contribution in [1.82, 2.24) is 15.2 Å². The summed E-state index contributed by atoms with van der Waals surface area (Å²) in [4.78, 5) is 6.68. The minimum atomic E-state index is 0. The molecule has 28 heavy (non-hydrogen) atoms. The van der Waals surface area contributed by atoms with E-state index in [0.717, 1.165) is 31.9 Å². The van der Waals surface area contributed by atoms with Crippen molar-refractivity contribution >= 4 is 12.4 Å². The van der Waals surface area contributed by atoms with E-state index in [9.17, 15) is 0 Å². The highest BCUT2D eigenvalue weighted by molar-refractivity contribution is 5.85. The standard InChI is InChI=1S/C23H25N3O.ClH/c1-2-4-20(5-3-1)18-27-22-8-6-19(7-9-22)17-26-15-14-25-16-23(26)21-10-12-24-13-11-21;/h1-13,23,25H,14-18H2;1H. The second-order valence-electron chi connectivity index (χ2n) is 6.89. The molecule has 146 valence electrons. The Hall–Kier alpha value is -2.40. The highest BCUT2D eigenvalue weighted by Gasteiger charge is 2.23. The summed E-state index contributed by atoms with van der Waals surface area (Å²) in [5.41, 5.74) is 3.81. The van der Waals surface area contributed by atoms with Crippen molar-refractivity contribution in [3.8, 4) is 5.75 Å². The van der Waals surface area contributed by atoms with Crippen LogP contribution in [0.2, 0.25) is 0 Å². The van der Waals surface area contributed by atoms with E-state index in [0.29, 0.717) is 12.6 Å². The van der Waals surface area contributed by atoms with Gasteiger partial charge in [0, 0.05) is 44.6 Å². The van der Waals surface area contributed by atoms with Crippen molar-refractivity contribution in [3.63, 3.8) is 0 Å². The van der Waals surface area contributed by atoms with E-state index in [2.05, 4.69) is 63.7 Å². The third-order valence-corrected chi connectivity index (χ3v) is 5.00. The second kappa shape index (κ2) is 10.2. The molecule has 1 aromatic heterocycles. The molecule has 4 rings (SSSR count). The molecule has 0 aliphatic carbocycles. The highest BCUT2D eigenvalue weighted by Crippen LogP contribution is 2.24. The Balaban J connectivity index is 0.00000225. The number of benzene rings is 2. The van der Waals surface area contributed by atoms with Gasteiger partial charge in [0.15, 0.2) is 0 Å². The van der Waals surface area contributed by atoms with Crippen molar-refractivity contribution < 1.29 is 4.74 Å². The van der Waals surface area contributed by atoms with Gasteiger partial charge in [0.2, 0.25) is 0 Å². The maximum Gasteiger partial charge on any atom is 0.119 e. The molecule has 5 heteroatoms. The Labute approximate surface area is 173 Å². The predicted octanol–water partition coefficient (Wildman–Crippen LogP) is 4.23. The number of piperazine rings is 1. The van der Waals surface area contributed by atoms with Gasteiger partial charge in [-0.2, -0.15) is 0 Å². The van der Waals surface area contributed by atoms with Gasteiger partial charge in [-0.15, -0.1) is 12.4 Å². The van der Waals surface area contributed by atoms with Gasteiger partial charge in [0.25, 0.3) is 0 Å². The molecule has 0 saturated carbocycles. The SMILES string of the molecule is Cl.c1ccc(COc2ccc(CN3CCNCC3c3ccncc3)cc2)cc1. The molecule has 1 fully saturated rings. The lowest BCUT2D eigenvalue weighted by Gasteiger charge is -2.36. The molecule has 0 bridgehead atoms. The second-order valence-corrected chi connectivity index (χ2v) is 6.89. The van der Waals surface area contributed by atoms with Gasteiger partial charge in [-0.1, -0.05) is 42.5 Å². The van der Waals surface area contributed by atoms with E-state index in [-0.39, 0.29) is 12.4 Å². The number of halogens is 1. The molecule has 2 aromatic carbocycles. The number of ether oxygens (including phenoxy) is 1. The summed E-state index contributed by atoms with van der Waals surface area (Å²) in [6.45, 7) is 4.58. The summed E-state index contributed by atoms with van der Waals surface area (Å²) in [6.07, 6.45) is 3.75. The van der Waals surface area contributed by atoms with E-state index >= 15 is 0 Å². The molecule has 2 heterocycles. The Morgan fingerprint density at radius 3 is 2.43 bits per heavy atom. The zero-order valence-electron chi connectivity index (χ0n) is 15.8. The van der Waals surface area contributed by atoms with Gasteiger partial charge < -0.3 is 10.1 Å². The molecule has 1 aliphatic rings. The van der Waals surface area contributed by atoms with Crippen LogP contribution in [0.4, 0.5) is 0 Å². The molecule has 0 amide bonds. The lowest BCUT2D eigenvalue weighted by atomic mass is 10.0. The molecule has 0 spiro atoms. The first kappa shape index (κ1) is 20.3. The summed E-state index contributed by atoms with van der Waals surface area (Å²) in [6, 6.07) is 23.4. The van der Waals surface area contributed by atoms with Crippen LogP contribution in [-0.2, 0) is 13.2 Å². The summed E-state index contributed by atoms with van der Waals surface area (Å²) >= 11 is 0. The van der Waals surface area contributed by atoms with Crippen LogP contribution in [0.25, 0.3) is 0 Å². The molecular weight excluding hydrogens is 370 g/mol. The van der Waals surface area contributed by atoms with E-state index < -0.39 is 0 Å². The molecule has 1 unspecified atom stereocenters. The average Bonchev–Trinajstić information content (AvgIpc) is 2.75. The fourth-order valence-corrected chi connectivity index (χ4v) is 3.52. The first-order valence-electron chi connectivity index (χ1n) is 9.49. The molecular formula is C23H26ClN3O. The van der Waals surface area contributed by atoms with Crippen LogP contribution < -0.4 is 10.1 Å². The van der Waals surface area contributed by atoms with Gasteiger partial charge in [-0.05, 0) is 41.0 Å². The van der Waals surface area contributed by atoms with Crippen LogP contribution in [-0.4, -0.2) is 29.5 Å². The summed E-state index contributed by atoms with van der Waals surface area (Å²) in [5, 5.41) is 3.51. The number of pyridine rings is 1. The summed E-state index contributed by atoms with van der Waals surface area (Å²) in [7, 11) is 0. The highest BCUT2D eigenvalue weighted by atomic mass is 35.5. The van der Waals surface area contributed by atoms with Crippen LogP contribution in [0.3, 0.4) is 0 Å².